The molecule has 0 spiro atoms. The predicted octanol–water partition coefficient (Wildman–Crippen LogP) is 2.11. The van der Waals surface area contributed by atoms with Crippen molar-refractivity contribution in [2.45, 2.75) is 32.6 Å². The van der Waals surface area contributed by atoms with Gasteiger partial charge in [-0.05, 0) is 18.3 Å². The Morgan fingerprint density at radius 1 is 1.18 bits per heavy atom. The van der Waals surface area contributed by atoms with Crippen molar-refractivity contribution in [2.24, 2.45) is 5.41 Å². The van der Waals surface area contributed by atoms with Crippen LogP contribution in [0.2, 0.25) is 0 Å². The van der Waals surface area contributed by atoms with E-state index in [1.165, 1.54) is 32.2 Å². The van der Waals surface area contributed by atoms with Crippen molar-refractivity contribution in [3.63, 3.8) is 0 Å². The Hall–Kier alpha value is -0.0900. The number of nitrogens with zero attached hydrogens (tertiary/aromatic N) is 2. The van der Waals surface area contributed by atoms with Gasteiger partial charge >= 0.3 is 0 Å². The van der Waals surface area contributed by atoms with Gasteiger partial charge < -0.3 is 4.90 Å². The molecule has 1 saturated heterocycles. The van der Waals surface area contributed by atoms with Gasteiger partial charge in [0.05, 0.1) is 0 Å². The summed E-state index contributed by atoms with van der Waals surface area (Å²) >= 11 is 3.70. The molecule has 98 valence electrons. The third kappa shape index (κ3) is 3.22. The van der Waals surface area contributed by atoms with Gasteiger partial charge in [-0.2, -0.15) is 0 Å². The van der Waals surface area contributed by atoms with Gasteiger partial charge in [0, 0.05) is 45.0 Å². The number of hydrogen-bond acceptors (Lipinski definition) is 2. The van der Waals surface area contributed by atoms with Crippen molar-refractivity contribution >= 4 is 21.8 Å². The molecular weight excluding hydrogens is 280 g/mol. The number of carbonyl (C=O) groups is 1. The molecule has 0 N–H and O–H groups in total. The SMILES string of the molecule is CC(=O)N1CCN(CC2(CBr)CCCC2)CC1. The summed E-state index contributed by atoms with van der Waals surface area (Å²) in [5.41, 5.74) is 0.512. The van der Waals surface area contributed by atoms with Crippen LogP contribution in [0.15, 0.2) is 0 Å². The van der Waals surface area contributed by atoms with E-state index in [1.807, 2.05) is 4.90 Å². The molecular formula is C13H23BrN2O. The summed E-state index contributed by atoms with van der Waals surface area (Å²) in [7, 11) is 0. The summed E-state index contributed by atoms with van der Waals surface area (Å²) in [6, 6.07) is 0. The molecule has 2 fully saturated rings. The fourth-order valence-electron chi connectivity index (χ4n) is 3.15. The molecule has 0 atom stereocenters. The van der Waals surface area contributed by atoms with Crippen LogP contribution >= 0.6 is 15.9 Å². The largest absolute Gasteiger partial charge is 0.340 e. The van der Waals surface area contributed by atoms with Gasteiger partial charge in [-0.15, -0.1) is 0 Å². The van der Waals surface area contributed by atoms with Gasteiger partial charge in [-0.3, -0.25) is 9.69 Å². The van der Waals surface area contributed by atoms with E-state index in [4.69, 9.17) is 0 Å². The van der Waals surface area contributed by atoms with Gasteiger partial charge in [0.25, 0.3) is 0 Å². The Morgan fingerprint density at radius 3 is 2.24 bits per heavy atom. The third-order valence-corrected chi connectivity index (χ3v) is 5.51. The van der Waals surface area contributed by atoms with Crippen molar-refractivity contribution < 1.29 is 4.79 Å². The molecule has 1 amide bonds. The lowest BCUT2D eigenvalue weighted by molar-refractivity contribution is -0.130. The molecule has 2 rings (SSSR count). The van der Waals surface area contributed by atoms with E-state index in [0.717, 1.165) is 31.5 Å². The molecule has 0 aromatic rings. The molecule has 0 bridgehead atoms. The monoisotopic (exact) mass is 302 g/mol. The molecule has 0 unspecified atom stereocenters. The van der Waals surface area contributed by atoms with Crippen LogP contribution in [0.1, 0.15) is 32.6 Å². The second-order valence-electron chi connectivity index (χ2n) is 5.62. The zero-order chi connectivity index (χ0) is 12.3. The second-order valence-corrected chi connectivity index (χ2v) is 6.18. The topological polar surface area (TPSA) is 23.6 Å². The Kier molecular flexibility index (Phi) is 4.47. The molecule has 1 aliphatic heterocycles. The molecule has 0 aromatic heterocycles. The normalized spacial score (nSPS) is 25.2. The van der Waals surface area contributed by atoms with Crippen LogP contribution in [0.25, 0.3) is 0 Å². The third-order valence-electron chi connectivity index (χ3n) is 4.32. The number of amides is 1. The van der Waals surface area contributed by atoms with Gasteiger partial charge in [-0.1, -0.05) is 28.8 Å². The Labute approximate surface area is 113 Å². The molecule has 17 heavy (non-hydrogen) atoms. The first-order valence-electron chi connectivity index (χ1n) is 6.69. The maximum atomic E-state index is 11.3. The fourth-order valence-corrected chi connectivity index (χ4v) is 3.89. The zero-order valence-electron chi connectivity index (χ0n) is 10.8. The average Bonchev–Trinajstić information content (AvgIpc) is 2.79. The molecule has 1 saturated carbocycles. The standard InChI is InChI=1S/C13H23BrN2O/c1-12(17)16-8-6-15(7-9-16)11-13(10-14)4-2-3-5-13/h2-11H2,1H3. The smallest absolute Gasteiger partial charge is 0.219 e. The van der Waals surface area contributed by atoms with Crippen molar-refractivity contribution in [1.29, 1.82) is 0 Å². The summed E-state index contributed by atoms with van der Waals surface area (Å²) in [5, 5.41) is 1.13. The minimum Gasteiger partial charge on any atom is -0.340 e. The number of carbonyl (C=O) groups excluding carboxylic acids is 1. The number of piperazine rings is 1. The van der Waals surface area contributed by atoms with Gasteiger partial charge in [0.15, 0.2) is 0 Å². The highest BCUT2D eigenvalue weighted by Gasteiger charge is 2.35. The van der Waals surface area contributed by atoms with Crippen LogP contribution in [0.4, 0.5) is 0 Å². The van der Waals surface area contributed by atoms with Crippen LogP contribution in [0, 0.1) is 5.41 Å². The average molecular weight is 303 g/mol. The molecule has 2 aliphatic rings. The summed E-state index contributed by atoms with van der Waals surface area (Å²) in [6.07, 6.45) is 5.51. The number of alkyl halides is 1. The Balaban J connectivity index is 1.83. The van der Waals surface area contributed by atoms with Crippen molar-refractivity contribution in [3.8, 4) is 0 Å². The number of halogens is 1. The highest BCUT2D eigenvalue weighted by Crippen LogP contribution is 2.40. The van der Waals surface area contributed by atoms with Crippen molar-refractivity contribution in [1.82, 2.24) is 9.80 Å². The zero-order valence-corrected chi connectivity index (χ0v) is 12.3. The highest BCUT2D eigenvalue weighted by atomic mass is 79.9. The maximum absolute atomic E-state index is 11.3. The van der Waals surface area contributed by atoms with E-state index in [-0.39, 0.29) is 5.91 Å². The van der Waals surface area contributed by atoms with Crippen LogP contribution in [0.3, 0.4) is 0 Å². The number of rotatable bonds is 3. The van der Waals surface area contributed by atoms with E-state index in [9.17, 15) is 4.79 Å². The first kappa shape index (κ1) is 13.3. The quantitative estimate of drug-likeness (QED) is 0.746. The minimum absolute atomic E-state index is 0.223. The summed E-state index contributed by atoms with van der Waals surface area (Å²) in [5.74, 6) is 0.223. The van der Waals surface area contributed by atoms with Crippen LogP contribution < -0.4 is 0 Å². The molecule has 1 heterocycles. The van der Waals surface area contributed by atoms with Gasteiger partial charge in [0.2, 0.25) is 5.91 Å². The van der Waals surface area contributed by atoms with E-state index >= 15 is 0 Å². The van der Waals surface area contributed by atoms with Crippen molar-refractivity contribution in [3.05, 3.63) is 0 Å². The second kappa shape index (κ2) is 5.70. The summed E-state index contributed by atoms with van der Waals surface area (Å²) in [4.78, 5) is 15.8. The highest BCUT2D eigenvalue weighted by molar-refractivity contribution is 9.09. The fraction of sp³-hybridized carbons (Fsp3) is 0.923. The van der Waals surface area contributed by atoms with E-state index in [2.05, 4.69) is 20.8 Å². The Morgan fingerprint density at radius 2 is 1.76 bits per heavy atom. The Bertz CT molecular complexity index is 269. The summed E-state index contributed by atoms with van der Waals surface area (Å²) in [6.45, 7) is 6.81. The van der Waals surface area contributed by atoms with Crippen molar-refractivity contribution in [2.75, 3.05) is 38.1 Å². The van der Waals surface area contributed by atoms with Crippen LogP contribution in [-0.4, -0.2) is 53.8 Å². The van der Waals surface area contributed by atoms with E-state index < -0.39 is 0 Å². The molecule has 4 heteroatoms. The number of hydrogen-bond donors (Lipinski definition) is 0. The lowest BCUT2D eigenvalue weighted by atomic mass is 9.88. The lowest BCUT2D eigenvalue weighted by Crippen LogP contribution is -2.51. The predicted molar refractivity (Wildman–Crippen MR) is 73.4 cm³/mol. The first-order valence-corrected chi connectivity index (χ1v) is 7.81. The van der Waals surface area contributed by atoms with Gasteiger partial charge in [-0.25, -0.2) is 0 Å². The van der Waals surface area contributed by atoms with E-state index in [1.54, 1.807) is 6.92 Å². The van der Waals surface area contributed by atoms with Crippen LogP contribution in [0.5, 0.6) is 0 Å². The first-order chi connectivity index (χ1) is 8.15. The minimum atomic E-state index is 0.223. The summed E-state index contributed by atoms with van der Waals surface area (Å²) < 4.78 is 0. The van der Waals surface area contributed by atoms with Crippen LogP contribution in [-0.2, 0) is 4.79 Å². The maximum Gasteiger partial charge on any atom is 0.219 e. The molecule has 3 nitrogen and oxygen atoms in total. The molecule has 1 aliphatic carbocycles. The molecule has 0 aromatic carbocycles. The lowest BCUT2D eigenvalue weighted by Gasteiger charge is -2.39. The molecule has 0 radical (unpaired) electrons. The van der Waals surface area contributed by atoms with E-state index in [0.29, 0.717) is 5.41 Å². The van der Waals surface area contributed by atoms with Gasteiger partial charge in [0.1, 0.15) is 0 Å².